The van der Waals surface area contributed by atoms with Crippen LogP contribution in [-0.2, 0) is 17.8 Å². The van der Waals surface area contributed by atoms with Crippen molar-refractivity contribution < 1.29 is 4.79 Å². The first kappa shape index (κ1) is 23.4. The summed E-state index contributed by atoms with van der Waals surface area (Å²) in [5.41, 5.74) is 1.91. The van der Waals surface area contributed by atoms with Gasteiger partial charge in [-0.3, -0.25) is 9.59 Å². The second-order valence-corrected chi connectivity index (χ2v) is 11.0. The van der Waals surface area contributed by atoms with E-state index in [0.29, 0.717) is 30.7 Å². The maximum absolute atomic E-state index is 12.5. The zero-order chi connectivity index (χ0) is 22.9. The van der Waals surface area contributed by atoms with Crippen LogP contribution in [0.4, 0.5) is 0 Å². The fourth-order valence-electron chi connectivity index (χ4n) is 4.47. The predicted molar refractivity (Wildman–Crippen MR) is 131 cm³/mol. The highest BCUT2D eigenvalue weighted by atomic mass is 35.6. The van der Waals surface area contributed by atoms with Gasteiger partial charge in [-0.15, -0.1) is 0 Å². The van der Waals surface area contributed by atoms with Gasteiger partial charge in [0.05, 0.1) is 6.42 Å². The SMILES string of the molecule is O=C(Cc1ccccc1)N[C@@H](NC(=S)N1C[C@@H]2C[C@@H](C1)c1cccc(=O)n1C2)C(Cl)(Cl)Cl. The first-order chi connectivity index (χ1) is 15.2. The molecule has 3 heterocycles. The lowest BCUT2D eigenvalue weighted by atomic mass is 9.83. The standard InChI is InChI=1S/C22H23Cl3N4O2S/c23-22(24,25)20(26-18(30)10-14-5-2-1-3-6-14)27-21(32)28-11-15-9-16(13-28)17-7-4-8-19(31)29(17)12-15/h1-8,15-16,20H,9-13H2,(H,26,30)(H,27,32)/t15-,16-,20-/m0/s1. The van der Waals surface area contributed by atoms with E-state index in [0.717, 1.165) is 17.7 Å². The lowest BCUT2D eigenvalue weighted by Gasteiger charge is -2.44. The Hall–Kier alpha value is -1.80. The number of carbonyl (C=O) groups excluding carboxylic acids is 1. The van der Waals surface area contributed by atoms with Gasteiger partial charge in [0.25, 0.3) is 5.56 Å². The van der Waals surface area contributed by atoms with Crippen LogP contribution in [0, 0.1) is 5.92 Å². The third-order valence-corrected chi connectivity index (χ3v) is 6.91. The Morgan fingerprint density at radius 2 is 1.81 bits per heavy atom. The van der Waals surface area contributed by atoms with Crippen molar-refractivity contribution in [2.75, 3.05) is 13.1 Å². The lowest BCUT2D eigenvalue weighted by molar-refractivity contribution is -0.121. The Morgan fingerprint density at radius 3 is 2.53 bits per heavy atom. The van der Waals surface area contributed by atoms with Crippen molar-refractivity contribution in [2.45, 2.75) is 35.3 Å². The highest BCUT2D eigenvalue weighted by molar-refractivity contribution is 7.80. The van der Waals surface area contributed by atoms with E-state index in [-0.39, 0.29) is 23.8 Å². The molecule has 2 aliphatic heterocycles. The molecule has 0 aliphatic carbocycles. The molecule has 1 fully saturated rings. The average Bonchev–Trinajstić information content (AvgIpc) is 2.74. The Morgan fingerprint density at radius 1 is 1.06 bits per heavy atom. The molecular weight excluding hydrogens is 491 g/mol. The molecule has 0 radical (unpaired) electrons. The Labute approximate surface area is 206 Å². The zero-order valence-electron chi connectivity index (χ0n) is 17.1. The van der Waals surface area contributed by atoms with Crippen molar-refractivity contribution in [3.05, 3.63) is 70.1 Å². The Balaban J connectivity index is 1.43. The highest BCUT2D eigenvalue weighted by Gasteiger charge is 2.38. The van der Waals surface area contributed by atoms with Gasteiger partial charge in [-0.05, 0) is 36.2 Å². The van der Waals surface area contributed by atoms with Gasteiger partial charge in [-0.1, -0.05) is 71.2 Å². The molecule has 1 aromatic heterocycles. The number of hydrogen-bond donors (Lipinski definition) is 2. The fourth-order valence-corrected chi connectivity index (χ4v) is 5.06. The molecule has 1 aromatic carbocycles. The Kier molecular flexibility index (Phi) is 7.00. The minimum Gasteiger partial charge on any atom is -0.348 e. The molecule has 2 N–H and O–H groups in total. The summed E-state index contributed by atoms with van der Waals surface area (Å²) >= 11 is 24.1. The molecule has 0 unspecified atom stereocenters. The molecule has 170 valence electrons. The van der Waals surface area contributed by atoms with Crippen LogP contribution in [0.25, 0.3) is 0 Å². The number of rotatable bonds is 4. The van der Waals surface area contributed by atoms with Gasteiger partial charge in [-0.25, -0.2) is 0 Å². The number of pyridine rings is 1. The van der Waals surface area contributed by atoms with Gasteiger partial charge in [0.2, 0.25) is 9.70 Å². The van der Waals surface area contributed by atoms with Crippen LogP contribution < -0.4 is 16.2 Å². The minimum absolute atomic E-state index is 0.0312. The molecule has 3 atom stereocenters. The van der Waals surface area contributed by atoms with Crippen molar-refractivity contribution in [1.82, 2.24) is 20.1 Å². The Bertz CT molecular complexity index is 1060. The molecule has 1 amide bonds. The predicted octanol–water partition coefficient (Wildman–Crippen LogP) is 3.20. The second-order valence-electron chi connectivity index (χ2n) is 8.26. The summed E-state index contributed by atoms with van der Waals surface area (Å²) in [6.45, 7) is 2.00. The number of piperidine rings is 1. The molecule has 4 rings (SSSR count). The maximum Gasteiger partial charge on any atom is 0.250 e. The van der Waals surface area contributed by atoms with E-state index >= 15 is 0 Å². The van der Waals surface area contributed by atoms with Crippen LogP contribution in [-0.4, -0.2) is 43.5 Å². The van der Waals surface area contributed by atoms with Crippen LogP contribution >= 0.6 is 47.0 Å². The topological polar surface area (TPSA) is 66.4 Å². The number of alkyl halides is 3. The lowest BCUT2D eigenvalue weighted by Crippen LogP contribution is -2.60. The first-order valence-corrected chi connectivity index (χ1v) is 11.9. The molecule has 2 aromatic rings. The monoisotopic (exact) mass is 512 g/mol. The van der Waals surface area contributed by atoms with Crippen molar-refractivity contribution in [3.63, 3.8) is 0 Å². The van der Waals surface area contributed by atoms with Crippen LogP contribution in [0.3, 0.4) is 0 Å². The summed E-state index contributed by atoms with van der Waals surface area (Å²) in [6, 6.07) is 14.7. The van der Waals surface area contributed by atoms with Crippen LogP contribution in [0.15, 0.2) is 53.3 Å². The first-order valence-electron chi connectivity index (χ1n) is 10.4. The van der Waals surface area contributed by atoms with Gasteiger partial charge in [-0.2, -0.15) is 0 Å². The molecule has 32 heavy (non-hydrogen) atoms. The van der Waals surface area contributed by atoms with Gasteiger partial charge in [0.15, 0.2) is 5.11 Å². The molecular formula is C22H23Cl3N4O2S. The summed E-state index contributed by atoms with van der Waals surface area (Å²) in [5, 5.41) is 6.18. The number of fused-ring (bicyclic) bond motifs is 4. The van der Waals surface area contributed by atoms with Crippen LogP contribution in [0.5, 0.6) is 0 Å². The van der Waals surface area contributed by atoms with E-state index in [1.54, 1.807) is 12.1 Å². The van der Waals surface area contributed by atoms with Crippen LogP contribution in [0.1, 0.15) is 23.6 Å². The van der Waals surface area contributed by atoms with E-state index < -0.39 is 9.96 Å². The number of carbonyl (C=O) groups is 1. The number of hydrogen-bond acceptors (Lipinski definition) is 3. The number of nitrogens with one attached hydrogen (secondary N) is 2. The van der Waals surface area contributed by atoms with Crippen molar-refractivity contribution >= 4 is 58.0 Å². The van der Waals surface area contributed by atoms with Crippen LogP contribution in [0.2, 0.25) is 0 Å². The number of halogens is 3. The average molecular weight is 514 g/mol. The molecule has 0 saturated carbocycles. The summed E-state index contributed by atoms with van der Waals surface area (Å²) in [7, 11) is 0. The maximum atomic E-state index is 12.5. The van der Waals surface area contributed by atoms with Crippen molar-refractivity contribution in [1.29, 1.82) is 0 Å². The summed E-state index contributed by atoms with van der Waals surface area (Å²) < 4.78 is 0.0581. The summed E-state index contributed by atoms with van der Waals surface area (Å²) in [6.07, 6.45) is 0.170. The molecule has 0 spiro atoms. The number of likely N-dealkylation sites (tertiary alicyclic amines) is 1. The number of aromatic nitrogens is 1. The third-order valence-electron chi connectivity index (χ3n) is 5.87. The van der Waals surface area contributed by atoms with Gasteiger partial charge < -0.3 is 20.1 Å². The second kappa shape index (κ2) is 9.59. The molecule has 2 bridgehead atoms. The number of nitrogens with zero attached hydrogens (tertiary/aromatic N) is 2. The number of benzene rings is 1. The van der Waals surface area contributed by atoms with Crippen molar-refractivity contribution in [3.8, 4) is 0 Å². The largest absolute Gasteiger partial charge is 0.348 e. The third kappa shape index (κ3) is 5.39. The molecule has 10 heteroatoms. The van der Waals surface area contributed by atoms with Gasteiger partial charge in [0, 0.05) is 37.3 Å². The van der Waals surface area contributed by atoms with E-state index in [2.05, 4.69) is 10.6 Å². The van der Waals surface area contributed by atoms with E-state index in [4.69, 9.17) is 47.0 Å². The zero-order valence-corrected chi connectivity index (χ0v) is 20.2. The van der Waals surface area contributed by atoms with Gasteiger partial charge >= 0.3 is 0 Å². The normalized spacial score (nSPS) is 20.8. The summed E-state index contributed by atoms with van der Waals surface area (Å²) in [4.78, 5) is 26.8. The number of amides is 1. The molecule has 2 aliphatic rings. The van der Waals surface area contributed by atoms with Crippen molar-refractivity contribution in [2.24, 2.45) is 5.92 Å². The van der Waals surface area contributed by atoms with E-state index in [1.165, 1.54) is 0 Å². The molecule has 1 saturated heterocycles. The quantitative estimate of drug-likeness (QED) is 0.373. The number of thiocarbonyl (C=S) groups is 1. The molecule has 6 nitrogen and oxygen atoms in total. The van der Waals surface area contributed by atoms with E-state index in [9.17, 15) is 9.59 Å². The minimum atomic E-state index is -1.80. The smallest absolute Gasteiger partial charge is 0.250 e. The van der Waals surface area contributed by atoms with E-state index in [1.807, 2.05) is 45.9 Å². The highest BCUT2D eigenvalue weighted by Crippen LogP contribution is 2.35. The summed E-state index contributed by atoms with van der Waals surface area (Å²) in [5.74, 6) is 0.196. The van der Waals surface area contributed by atoms with Gasteiger partial charge in [0.1, 0.15) is 6.17 Å². The fraction of sp³-hybridized carbons (Fsp3) is 0.409.